The largest absolute Gasteiger partial charge is 0.881 e. The van der Waals surface area contributed by atoms with Crippen molar-refractivity contribution in [2.75, 3.05) is 13.1 Å². The van der Waals surface area contributed by atoms with Crippen LogP contribution in [0.25, 0.3) is 0 Å². The minimum atomic E-state index is -0.828. The molecule has 0 saturated carbocycles. The first-order chi connectivity index (χ1) is 18.1. The van der Waals surface area contributed by atoms with Gasteiger partial charge in [-0.15, -0.1) is 0 Å². The van der Waals surface area contributed by atoms with Gasteiger partial charge in [0, 0.05) is 42.1 Å². The number of hydrogen-bond acceptors (Lipinski definition) is 4. The zero-order valence-corrected chi connectivity index (χ0v) is 28.8. The van der Waals surface area contributed by atoms with E-state index in [9.17, 15) is 0 Å². The van der Waals surface area contributed by atoms with Crippen LogP contribution in [0.15, 0.2) is 34.3 Å². The van der Waals surface area contributed by atoms with E-state index < -0.39 is 15.9 Å². The van der Waals surface area contributed by atoms with Gasteiger partial charge in [0.15, 0.2) is 0 Å². The zero-order chi connectivity index (χ0) is 30.3. The van der Waals surface area contributed by atoms with Crippen LogP contribution in [0.1, 0.15) is 130 Å². The van der Waals surface area contributed by atoms with E-state index in [4.69, 9.17) is 17.6 Å². The molecular formula is C35H52AlN2O2. The molecule has 4 nitrogen and oxygen atoms in total. The van der Waals surface area contributed by atoms with Gasteiger partial charge in [0.2, 0.25) is 0 Å². The van der Waals surface area contributed by atoms with Crippen LogP contribution < -0.4 is 7.58 Å². The summed E-state index contributed by atoms with van der Waals surface area (Å²) in [4.78, 5) is 9.85. The number of benzene rings is 2. The maximum atomic E-state index is 6.66. The smallest absolute Gasteiger partial charge is 0.615 e. The lowest BCUT2D eigenvalue weighted by atomic mass is 9.79. The monoisotopic (exact) mass is 559 g/mol. The average Bonchev–Trinajstić information content (AvgIpc) is 2.76. The molecule has 0 unspecified atom stereocenters. The fourth-order valence-corrected chi connectivity index (χ4v) is 5.46. The Morgan fingerprint density at radius 2 is 0.925 bits per heavy atom. The Hall–Kier alpha value is -2.09. The van der Waals surface area contributed by atoms with Crippen molar-refractivity contribution < 1.29 is 7.58 Å². The summed E-state index contributed by atoms with van der Waals surface area (Å²) in [7, 11) is 0. The van der Waals surface area contributed by atoms with E-state index in [1.807, 2.05) is 12.4 Å². The average molecular weight is 560 g/mol. The van der Waals surface area contributed by atoms with Crippen LogP contribution in [-0.4, -0.2) is 41.4 Å². The molecule has 0 N–H and O–H groups in total. The highest BCUT2D eigenvalue weighted by atomic mass is 27.2. The van der Waals surface area contributed by atoms with Crippen LogP contribution in [0, 0.1) is 5.41 Å². The molecule has 0 bridgehead atoms. The molecule has 5 heteroatoms. The standard InChI is InChI=1S/C35H54N2O2.Al/c1-31(2,3)25-15-23(29(38)27(17-25)33(7,8)9)19-36-21-35(13,14)22-37-20-24-16-26(32(4,5)6)18-28(30(24)39)34(10,11)12;/h15-20,38-39H,21-22H2,1-14H3;/q;+2/p-2. The molecular weight excluding hydrogens is 507 g/mol. The first-order valence-corrected chi connectivity index (χ1v) is 15.6. The van der Waals surface area contributed by atoms with Crippen molar-refractivity contribution in [1.29, 1.82) is 0 Å². The molecule has 2 aromatic carbocycles. The zero-order valence-electron chi connectivity index (χ0n) is 27.7. The maximum absolute atomic E-state index is 6.66. The van der Waals surface area contributed by atoms with Gasteiger partial charge in [-0.05, 0) is 56.0 Å². The first kappa shape index (κ1) is 32.4. The summed E-state index contributed by atoms with van der Waals surface area (Å²) >= 11 is -0.828. The van der Waals surface area contributed by atoms with Crippen LogP contribution in [0.2, 0.25) is 0 Å². The second-order valence-electron chi connectivity index (χ2n) is 16.3. The highest BCUT2D eigenvalue weighted by molar-refractivity contribution is 6.21. The summed E-state index contributed by atoms with van der Waals surface area (Å²) < 4.78 is 13.3. The predicted octanol–water partition coefficient (Wildman–Crippen LogP) is 8.75. The van der Waals surface area contributed by atoms with E-state index in [0.717, 1.165) is 22.6 Å². The van der Waals surface area contributed by atoms with E-state index >= 15 is 0 Å². The van der Waals surface area contributed by atoms with Crippen molar-refractivity contribution >= 4 is 28.3 Å². The molecule has 0 spiro atoms. The van der Waals surface area contributed by atoms with Gasteiger partial charge in [0.1, 0.15) is 0 Å². The molecule has 0 aliphatic carbocycles. The van der Waals surface area contributed by atoms with Crippen LogP contribution >= 0.6 is 0 Å². The third kappa shape index (κ3) is 8.01. The summed E-state index contributed by atoms with van der Waals surface area (Å²) in [5.74, 6) is 1.76. The van der Waals surface area contributed by atoms with Gasteiger partial charge in [-0.2, -0.15) is 0 Å². The van der Waals surface area contributed by atoms with Crippen LogP contribution in [0.3, 0.4) is 0 Å². The molecule has 1 radical (unpaired) electrons. The van der Waals surface area contributed by atoms with E-state index in [-0.39, 0.29) is 27.1 Å². The Balaban J connectivity index is 2.26. The van der Waals surface area contributed by atoms with Gasteiger partial charge in [-0.25, -0.2) is 0 Å². The van der Waals surface area contributed by atoms with Crippen molar-refractivity contribution in [2.24, 2.45) is 15.4 Å². The van der Waals surface area contributed by atoms with Gasteiger partial charge in [-0.1, -0.05) is 109 Å². The predicted molar refractivity (Wildman–Crippen MR) is 173 cm³/mol. The van der Waals surface area contributed by atoms with Crippen LogP contribution in [-0.2, 0) is 21.7 Å². The van der Waals surface area contributed by atoms with Gasteiger partial charge < -0.3 is 7.58 Å². The van der Waals surface area contributed by atoms with Crippen molar-refractivity contribution in [3.8, 4) is 11.5 Å². The molecule has 2 aromatic rings. The second-order valence-corrected chi connectivity index (χ2v) is 17.0. The normalized spacial score (nSPS) is 16.6. The lowest BCUT2D eigenvalue weighted by Gasteiger charge is -2.31. The fourth-order valence-electron chi connectivity index (χ4n) is 4.69. The van der Waals surface area contributed by atoms with Crippen molar-refractivity contribution in [3.05, 3.63) is 57.6 Å². The lowest BCUT2D eigenvalue weighted by Crippen LogP contribution is -2.24. The third-order valence-corrected chi connectivity index (χ3v) is 8.08. The third-order valence-electron chi connectivity index (χ3n) is 7.41. The van der Waals surface area contributed by atoms with Crippen LogP contribution in [0.5, 0.6) is 11.5 Å². The second kappa shape index (κ2) is 11.3. The van der Waals surface area contributed by atoms with Gasteiger partial charge in [0.05, 0.1) is 11.5 Å². The maximum Gasteiger partial charge on any atom is 0.881 e. The Morgan fingerprint density at radius 1 is 0.575 bits per heavy atom. The van der Waals surface area contributed by atoms with E-state index in [1.54, 1.807) is 0 Å². The van der Waals surface area contributed by atoms with Crippen molar-refractivity contribution in [1.82, 2.24) is 0 Å². The summed E-state index contributed by atoms with van der Waals surface area (Å²) in [6.07, 6.45) is 4.00. The highest BCUT2D eigenvalue weighted by Gasteiger charge is 2.29. The van der Waals surface area contributed by atoms with Gasteiger partial charge in [-0.3, -0.25) is 9.98 Å². The molecule has 40 heavy (non-hydrogen) atoms. The number of hydrogen-bond donors (Lipinski definition) is 0. The van der Waals surface area contributed by atoms with E-state index in [2.05, 4.69) is 121 Å². The molecule has 0 amide bonds. The topological polar surface area (TPSA) is 43.2 Å². The molecule has 1 aliphatic rings. The molecule has 1 aliphatic heterocycles. The number of rotatable bonds is 0. The van der Waals surface area contributed by atoms with Crippen LogP contribution in [0.4, 0.5) is 0 Å². The number of aliphatic imine (C=N–C) groups is 2. The van der Waals surface area contributed by atoms with Crippen molar-refractivity contribution in [2.45, 2.75) is 119 Å². The van der Waals surface area contributed by atoms with Crippen molar-refractivity contribution in [3.63, 3.8) is 0 Å². The van der Waals surface area contributed by atoms with Gasteiger partial charge >= 0.3 is 15.9 Å². The Bertz CT molecular complexity index is 1180. The molecule has 1 heterocycles. The molecule has 0 aromatic heterocycles. The minimum absolute atomic E-state index is 0.00457. The number of nitrogens with zero attached hydrogens (tertiary/aromatic N) is 2. The lowest BCUT2D eigenvalue weighted by molar-refractivity contribution is 0.396. The molecule has 0 saturated heterocycles. The Morgan fingerprint density at radius 3 is 1.23 bits per heavy atom. The van der Waals surface area contributed by atoms with E-state index in [0.29, 0.717) is 13.1 Å². The summed E-state index contributed by atoms with van der Waals surface area (Å²) in [6, 6.07) is 9.12. The number of fused-ring (bicyclic) bond motifs is 2. The Kier molecular flexibility index (Phi) is 9.16. The van der Waals surface area contributed by atoms with Gasteiger partial charge in [0.25, 0.3) is 0 Å². The molecule has 217 valence electrons. The highest BCUT2D eigenvalue weighted by Crippen LogP contribution is 2.40. The first-order valence-electron chi connectivity index (χ1n) is 14.6. The summed E-state index contributed by atoms with van der Waals surface area (Å²) in [6.45, 7) is 32.9. The minimum Gasteiger partial charge on any atom is -0.615 e. The summed E-state index contributed by atoms with van der Waals surface area (Å²) in [5.41, 5.74) is 6.67. The van der Waals surface area contributed by atoms with E-state index in [1.165, 1.54) is 22.3 Å². The molecule has 3 rings (SSSR count). The quantitative estimate of drug-likeness (QED) is 0.303. The Labute approximate surface area is 251 Å². The molecule has 0 fully saturated rings. The fraction of sp³-hybridized carbons (Fsp3) is 0.600. The summed E-state index contributed by atoms with van der Waals surface area (Å²) in [5, 5.41) is 0. The SMILES string of the molecule is CC1(C)CN=Cc2cc(C(C)(C)C)cc(C(C)(C)C)c2[O][Al][O]c2c(cc(C(C)(C)C)cc2C(C)(C)C)C=NC1. The molecule has 0 atom stereocenters.